The Labute approximate surface area is 717 Å². The van der Waals surface area contributed by atoms with Crippen LogP contribution in [0, 0.1) is 5.92 Å². The first kappa shape index (κ1) is 101. The smallest absolute Gasteiger partial charge is 0.245 e. The van der Waals surface area contributed by atoms with Gasteiger partial charge in [0.25, 0.3) is 0 Å². The Balaban J connectivity index is 1.56. The minimum atomic E-state index is -1.97. The lowest BCUT2D eigenvalue weighted by atomic mass is 9.97. The number of aliphatic hydroxyl groups is 1. The van der Waals surface area contributed by atoms with Crippen molar-refractivity contribution in [1.82, 2.24) is 74.1 Å². The van der Waals surface area contributed by atoms with Gasteiger partial charge >= 0.3 is 0 Å². The van der Waals surface area contributed by atoms with Gasteiger partial charge in [0, 0.05) is 92.2 Å². The van der Waals surface area contributed by atoms with Gasteiger partial charge < -0.3 is 113 Å². The molecule has 4 aromatic carbocycles. The van der Waals surface area contributed by atoms with Crippen molar-refractivity contribution in [2.24, 2.45) is 34.6 Å². The second-order valence-corrected chi connectivity index (χ2v) is 33.6. The summed E-state index contributed by atoms with van der Waals surface area (Å²) in [6, 6.07) is 7.47. The summed E-state index contributed by atoms with van der Waals surface area (Å²) in [6.45, 7) is 13.3. The molecular formula is C82H117N19O19S2. The van der Waals surface area contributed by atoms with Gasteiger partial charge in [0.1, 0.15) is 78.8 Å². The van der Waals surface area contributed by atoms with Crippen molar-refractivity contribution in [2.45, 2.75) is 228 Å². The molecule has 17 amide bonds. The number of thiol groups is 2. The van der Waals surface area contributed by atoms with Gasteiger partial charge in [0.05, 0.1) is 18.9 Å². The van der Waals surface area contributed by atoms with E-state index in [4.69, 9.17) is 46.0 Å². The zero-order chi connectivity index (χ0) is 90.9. The van der Waals surface area contributed by atoms with Gasteiger partial charge in [0.2, 0.25) is 100 Å². The highest BCUT2D eigenvalue weighted by Crippen LogP contribution is 2.25. The molecule has 40 heteroatoms. The normalized spacial score (nSPS) is 14.4. The molecule has 666 valence electrons. The number of aromatic nitrogens is 1. The third-order valence-electron chi connectivity index (χ3n) is 19.3. The quantitative estimate of drug-likeness (QED) is 0.0142. The number of nitrogens with one attached hydrogen (secondary N) is 14. The van der Waals surface area contributed by atoms with Crippen LogP contribution >= 0.6 is 25.3 Å². The van der Waals surface area contributed by atoms with E-state index in [1.54, 1.807) is 72.8 Å². The van der Waals surface area contributed by atoms with Gasteiger partial charge in [-0.25, -0.2) is 0 Å². The molecule has 0 spiro atoms. The lowest BCUT2D eigenvalue weighted by molar-refractivity contribution is -0.137. The van der Waals surface area contributed by atoms with Crippen molar-refractivity contribution in [2.75, 3.05) is 26.2 Å². The van der Waals surface area contributed by atoms with E-state index in [2.05, 4.69) is 86.7 Å². The number of hydrogen-bond donors (Lipinski definition) is 22. The molecule has 5 aromatic rings. The van der Waals surface area contributed by atoms with Gasteiger partial charge in [-0.15, -0.1) is 0 Å². The molecule has 5 rings (SSSR count). The van der Waals surface area contributed by atoms with Crippen LogP contribution in [0.15, 0.2) is 97.2 Å². The highest BCUT2D eigenvalue weighted by molar-refractivity contribution is 7.82. The molecule has 1 heterocycles. The van der Waals surface area contributed by atoms with E-state index in [0.29, 0.717) is 46.2 Å². The molecule has 0 unspecified atom stereocenters. The lowest BCUT2D eigenvalue weighted by Gasteiger charge is -2.33. The third kappa shape index (κ3) is 34.3. The van der Waals surface area contributed by atoms with Crippen molar-refractivity contribution in [3.05, 3.63) is 114 Å². The van der Waals surface area contributed by atoms with Gasteiger partial charge in [-0.05, 0) is 125 Å². The van der Waals surface area contributed by atoms with Crippen LogP contribution in [-0.4, -0.2) is 219 Å². The summed E-state index contributed by atoms with van der Waals surface area (Å²) in [5, 5.41) is 46.6. The van der Waals surface area contributed by atoms with Crippen molar-refractivity contribution < 1.29 is 91.4 Å². The molecule has 1 aromatic heterocycles. The fourth-order valence-electron chi connectivity index (χ4n) is 12.8. The number of benzene rings is 4. The van der Waals surface area contributed by atoms with Gasteiger partial charge in [-0.3, -0.25) is 81.5 Å². The number of nitrogens with two attached hydrogens (primary N) is 5. The van der Waals surface area contributed by atoms with Gasteiger partial charge in [-0.2, -0.15) is 25.3 Å². The highest BCUT2D eigenvalue weighted by Gasteiger charge is 2.42. The average Bonchev–Trinajstić information content (AvgIpc) is 1.31. The van der Waals surface area contributed by atoms with E-state index in [0.717, 1.165) is 24.6 Å². The molecule has 122 heavy (non-hydrogen) atoms. The molecule has 25 N–H and O–H groups in total. The highest BCUT2D eigenvalue weighted by atomic mass is 32.1. The first-order valence-electron chi connectivity index (χ1n) is 39.9. The maximum Gasteiger partial charge on any atom is 0.245 e. The largest absolute Gasteiger partial charge is 0.492 e. The maximum absolute atomic E-state index is 15.6. The lowest BCUT2D eigenvalue weighted by Crippen LogP contribution is -2.64. The Morgan fingerprint density at radius 1 is 0.434 bits per heavy atom. The number of ether oxygens (including phenoxy) is 1. The summed E-state index contributed by atoms with van der Waals surface area (Å²) < 4.78 is 2.86. The standard InChI is InChI=1S/C82H117N19O19S2/c1-43(2)21-28-56(72(111)92-55(20-14-15-33-88-45(4)103)71(110)96-61(40-65(86)107)70(109)89-34-31-64(85)106)93-74(113)59(38-48-22-25-49-16-10-11-17-50(49)36-48)95-75(114)58(37-47-23-26-52(27-24-47)120-35-32-83)98-80(119)69(82(8,9)122)101-73(112)57(29-30-63(84)105)94-76(115)60(39-51-42-90-54-19-13-12-18-53(51)54)97-78(117)67(44(3)102)100-77(116)62(41-66(87)108)99-79(118)68(81(6,7)121)91-46(5)104/h10-13,16-19,22-27,36,42-44,55-62,67-69,90,102,121-122H,14-15,20-21,28-35,37-41,83H2,1-9H3,(H2,84,105)(H2,85,106)(H2,86,107)(H2,87,108)(H,88,103)(H,89,109)(H,91,104)(H,92,111)(H,93,113)(H,94,115)(H,95,114)(H,96,110)(H,97,117)(H,98,119)(H,99,118)(H,100,116)(H,101,112)/t44-,55+,56+,57+,58+,59+,60+,61+,62+,67+,68-,69-/m1/s1. The van der Waals surface area contributed by atoms with Crippen molar-refractivity contribution in [3.8, 4) is 5.75 Å². The molecule has 38 nitrogen and oxygen atoms in total. The zero-order valence-corrected chi connectivity index (χ0v) is 71.6. The van der Waals surface area contributed by atoms with E-state index in [1.165, 1.54) is 40.8 Å². The molecule has 0 fully saturated rings. The van der Waals surface area contributed by atoms with Crippen LogP contribution in [0.5, 0.6) is 5.75 Å². The summed E-state index contributed by atoms with van der Waals surface area (Å²) in [6.07, 6.45) is -3.56. The number of rotatable bonds is 52. The number of para-hydroxylation sites is 1. The number of aliphatic hydroxyl groups excluding tert-OH is 1. The number of hydrogen-bond acceptors (Lipinski definition) is 22. The summed E-state index contributed by atoms with van der Waals surface area (Å²) in [7, 11) is 0. The summed E-state index contributed by atoms with van der Waals surface area (Å²) in [5.41, 5.74) is 29.5. The van der Waals surface area contributed by atoms with Crippen LogP contribution in [-0.2, 0) is 101 Å². The van der Waals surface area contributed by atoms with E-state index in [9.17, 15) is 62.6 Å². The Hall–Kier alpha value is -11.9. The summed E-state index contributed by atoms with van der Waals surface area (Å²) in [5.74, 6) is -15.9. The number of carbonyl (C=O) groups excluding carboxylic acids is 17. The molecule has 0 aliphatic rings. The van der Waals surface area contributed by atoms with Crippen LogP contribution in [0.1, 0.15) is 143 Å². The molecule has 0 saturated heterocycles. The molecular weight excluding hydrogens is 1620 g/mol. The number of fused-ring (bicyclic) bond motifs is 2. The first-order chi connectivity index (χ1) is 57.3. The topological polar surface area (TPSA) is 622 Å². The van der Waals surface area contributed by atoms with E-state index >= 15 is 24.0 Å². The number of primary amides is 4. The fraction of sp³-hybridized carbons (Fsp3) is 0.500. The number of unbranched alkanes of at least 4 members (excludes halogenated alkanes) is 1. The first-order valence-corrected chi connectivity index (χ1v) is 40.8. The second-order valence-electron chi connectivity index (χ2n) is 31.3. The van der Waals surface area contributed by atoms with Gasteiger partial charge in [0.15, 0.2) is 0 Å². The van der Waals surface area contributed by atoms with Crippen molar-refractivity contribution in [3.63, 3.8) is 0 Å². The third-order valence-corrected chi connectivity index (χ3v) is 19.8. The predicted molar refractivity (Wildman–Crippen MR) is 459 cm³/mol. The van der Waals surface area contributed by atoms with Crippen LogP contribution in [0.4, 0.5) is 0 Å². The predicted octanol–water partition coefficient (Wildman–Crippen LogP) is -2.41. The van der Waals surface area contributed by atoms with Crippen molar-refractivity contribution >= 4 is 147 Å². The number of H-pyrrole nitrogens is 1. The molecule has 12 atom stereocenters. The Bertz CT molecular complexity index is 4530. The monoisotopic (exact) mass is 1740 g/mol. The Kier molecular flexibility index (Phi) is 40.0. The molecule has 0 aliphatic carbocycles. The molecule has 0 saturated carbocycles. The molecule has 0 aliphatic heterocycles. The van der Waals surface area contributed by atoms with E-state index in [1.807, 2.05) is 32.0 Å². The Morgan fingerprint density at radius 3 is 1.43 bits per heavy atom. The van der Waals surface area contributed by atoms with Crippen molar-refractivity contribution in [1.29, 1.82) is 0 Å². The zero-order valence-electron chi connectivity index (χ0n) is 69.8. The number of amides is 17. The number of carbonyl (C=O) groups is 17. The van der Waals surface area contributed by atoms with Crippen LogP contribution in [0.3, 0.4) is 0 Å². The summed E-state index contributed by atoms with van der Waals surface area (Å²) >= 11 is 9.16. The minimum absolute atomic E-state index is 0.0552. The second kappa shape index (κ2) is 48.5. The molecule has 0 radical (unpaired) electrons. The van der Waals surface area contributed by atoms with Crippen LogP contribution in [0.25, 0.3) is 21.7 Å². The fourth-order valence-corrected chi connectivity index (χ4v) is 13.2. The summed E-state index contributed by atoms with van der Waals surface area (Å²) in [4.78, 5) is 237. The average molecular weight is 1740 g/mol. The molecule has 0 bridgehead atoms. The number of aromatic amines is 1. The van der Waals surface area contributed by atoms with E-state index in [-0.39, 0.29) is 83.0 Å². The maximum atomic E-state index is 15.6. The van der Waals surface area contributed by atoms with Gasteiger partial charge in [-0.1, -0.05) is 86.6 Å². The van der Waals surface area contributed by atoms with E-state index < -0.39 is 202 Å². The minimum Gasteiger partial charge on any atom is -0.492 e. The SMILES string of the molecule is CC(=O)NCCCC[C@H](NC(=O)[C@H](CCC(C)C)NC(=O)[C@H](Cc1ccc2ccccc2c1)NC(=O)[C@H](Cc1ccc(OCCN)cc1)NC(=O)[C@@H](NC(=O)[C@H](CCC(N)=O)NC(=O)[C@H](Cc1c[nH]c2ccccc12)NC(=O)[C@@H](NC(=O)[C@H](CC(N)=O)NC(=O)[C@@H](NC(C)=O)C(C)(C)S)[C@@H](C)O)C(C)(C)S)C(=O)N[C@@H](CC(N)=O)C(=O)NCCC(N)=O. The Morgan fingerprint density at radius 2 is 0.893 bits per heavy atom. The van der Waals surface area contributed by atoms with Crippen LogP contribution in [0.2, 0.25) is 0 Å². The van der Waals surface area contributed by atoms with Crippen LogP contribution < -0.4 is 103 Å².